The van der Waals surface area contributed by atoms with Crippen LogP contribution in [0.25, 0.3) is 0 Å². The fourth-order valence-electron chi connectivity index (χ4n) is 1.86. The maximum atomic E-state index is 5.05. The summed E-state index contributed by atoms with van der Waals surface area (Å²) in [6.07, 6.45) is 1.26. The highest BCUT2D eigenvalue weighted by Gasteiger charge is 2.08. The molecule has 0 aromatic rings. The molecule has 1 N–H and O–H groups in total. The molecule has 0 radical (unpaired) electrons. The molecule has 0 spiro atoms. The van der Waals surface area contributed by atoms with Crippen LogP contribution in [0, 0.1) is 0 Å². The topological polar surface area (TPSA) is 27.7 Å². The first kappa shape index (κ1) is 12.9. The van der Waals surface area contributed by atoms with Gasteiger partial charge in [-0.05, 0) is 26.6 Å². The van der Waals surface area contributed by atoms with E-state index in [0.717, 1.165) is 26.2 Å². The molecular weight excluding hydrogens is 190 g/mol. The van der Waals surface area contributed by atoms with Crippen molar-refractivity contribution < 1.29 is 4.74 Å². The van der Waals surface area contributed by atoms with Crippen molar-refractivity contribution in [2.75, 3.05) is 66.6 Å². The SMILES string of the molecule is COCCN(C)CCCN1CCNCC1. The lowest BCUT2D eigenvalue weighted by atomic mass is 10.3. The highest BCUT2D eigenvalue weighted by Crippen LogP contribution is 1.95. The molecule has 1 rings (SSSR count). The van der Waals surface area contributed by atoms with E-state index >= 15 is 0 Å². The predicted octanol–water partition coefficient (Wildman–Crippen LogP) is -0.140. The van der Waals surface area contributed by atoms with Gasteiger partial charge in [-0.1, -0.05) is 0 Å². The van der Waals surface area contributed by atoms with E-state index in [4.69, 9.17) is 4.74 Å². The number of nitrogens with one attached hydrogen (secondary N) is 1. The zero-order valence-corrected chi connectivity index (χ0v) is 10.2. The predicted molar refractivity (Wildman–Crippen MR) is 63.3 cm³/mol. The number of methoxy groups -OCH3 is 1. The van der Waals surface area contributed by atoms with Crippen LogP contribution >= 0.6 is 0 Å². The van der Waals surface area contributed by atoms with Crippen molar-refractivity contribution in [3.8, 4) is 0 Å². The Morgan fingerprint density at radius 1 is 1.27 bits per heavy atom. The van der Waals surface area contributed by atoms with Crippen LogP contribution in [0.5, 0.6) is 0 Å². The van der Waals surface area contributed by atoms with E-state index in [1.165, 1.54) is 32.6 Å². The van der Waals surface area contributed by atoms with E-state index in [9.17, 15) is 0 Å². The zero-order valence-electron chi connectivity index (χ0n) is 10.2. The first-order valence-corrected chi connectivity index (χ1v) is 5.93. The highest BCUT2D eigenvalue weighted by atomic mass is 16.5. The maximum Gasteiger partial charge on any atom is 0.0589 e. The lowest BCUT2D eigenvalue weighted by molar-refractivity contribution is 0.156. The van der Waals surface area contributed by atoms with Crippen LogP contribution in [0.3, 0.4) is 0 Å². The Bertz CT molecular complexity index is 149. The van der Waals surface area contributed by atoms with Crippen LogP contribution < -0.4 is 5.32 Å². The van der Waals surface area contributed by atoms with E-state index < -0.39 is 0 Å². The largest absolute Gasteiger partial charge is 0.383 e. The average Bonchev–Trinajstić information content (AvgIpc) is 2.28. The smallest absolute Gasteiger partial charge is 0.0589 e. The lowest BCUT2D eigenvalue weighted by Gasteiger charge is -2.27. The molecule has 0 atom stereocenters. The molecule has 0 aromatic heterocycles. The molecule has 15 heavy (non-hydrogen) atoms. The van der Waals surface area contributed by atoms with Crippen LogP contribution in [0.4, 0.5) is 0 Å². The minimum absolute atomic E-state index is 0.837. The monoisotopic (exact) mass is 215 g/mol. The maximum absolute atomic E-state index is 5.05. The Hall–Kier alpha value is -0.160. The Balaban J connectivity index is 1.94. The third kappa shape index (κ3) is 6.10. The molecule has 4 nitrogen and oxygen atoms in total. The minimum atomic E-state index is 0.837. The molecule has 1 aliphatic heterocycles. The van der Waals surface area contributed by atoms with Gasteiger partial charge in [0, 0.05) is 39.8 Å². The van der Waals surface area contributed by atoms with E-state index in [1.54, 1.807) is 7.11 Å². The van der Waals surface area contributed by atoms with E-state index in [2.05, 4.69) is 22.2 Å². The summed E-state index contributed by atoms with van der Waals surface area (Å²) in [7, 11) is 3.92. The Labute approximate surface area is 93.6 Å². The van der Waals surface area contributed by atoms with Gasteiger partial charge in [0.05, 0.1) is 6.61 Å². The van der Waals surface area contributed by atoms with E-state index in [0.29, 0.717) is 0 Å². The van der Waals surface area contributed by atoms with E-state index in [1.807, 2.05) is 0 Å². The third-order valence-corrected chi connectivity index (χ3v) is 2.90. The van der Waals surface area contributed by atoms with Gasteiger partial charge in [0.25, 0.3) is 0 Å². The second kappa shape index (κ2) is 8.05. The fraction of sp³-hybridized carbons (Fsp3) is 1.00. The Kier molecular flexibility index (Phi) is 6.92. The number of rotatable bonds is 7. The molecule has 0 amide bonds. The van der Waals surface area contributed by atoms with Crippen LogP contribution in [-0.4, -0.2) is 76.4 Å². The van der Waals surface area contributed by atoms with Crippen LogP contribution in [0.1, 0.15) is 6.42 Å². The van der Waals surface area contributed by atoms with Crippen molar-refractivity contribution in [2.24, 2.45) is 0 Å². The summed E-state index contributed by atoms with van der Waals surface area (Å²) in [5.74, 6) is 0. The summed E-state index contributed by atoms with van der Waals surface area (Å²) in [6, 6.07) is 0. The zero-order chi connectivity index (χ0) is 10.9. The normalized spacial score (nSPS) is 18.6. The molecule has 1 fully saturated rings. The molecule has 4 heteroatoms. The second-order valence-electron chi connectivity index (χ2n) is 4.24. The van der Waals surface area contributed by atoms with Gasteiger partial charge in [-0.15, -0.1) is 0 Å². The van der Waals surface area contributed by atoms with E-state index in [-0.39, 0.29) is 0 Å². The number of hydrogen-bond acceptors (Lipinski definition) is 4. The average molecular weight is 215 g/mol. The number of likely N-dealkylation sites (N-methyl/N-ethyl adjacent to an activating group) is 1. The standard InChI is InChI=1S/C11H25N3O/c1-13(10-11-15-2)6-3-7-14-8-4-12-5-9-14/h12H,3-11H2,1-2H3. The summed E-state index contributed by atoms with van der Waals surface area (Å²) < 4.78 is 5.05. The van der Waals surface area contributed by atoms with Crippen molar-refractivity contribution in [2.45, 2.75) is 6.42 Å². The first-order valence-electron chi connectivity index (χ1n) is 5.93. The van der Waals surface area contributed by atoms with Crippen LogP contribution in [0.2, 0.25) is 0 Å². The van der Waals surface area contributed by atoms with Gasteiger partial charge in [-0.2, -0.15) is 0 Å². The molecule has 90 valence electrons. The molecule has 1 saturated heterocycles. The molecule has 0 aliphatic carbocycles. The minimum Gasteiger partial charge on any atom is -0.383 e. The van der Waals surface area contributed by atoms with Gasteiger partial charge in [-0.3, -0.25) is 0 Å². The van der Waals surface area contributed by atoms with Gasteiger partial charge in [-0.25, -0.2) is 0 Å². The van der Waals surface area contributed by atoms with Crippen molar-refractivity contribution >= 4 is 0 Å². The van der Waals surface area contributed by atoms with Crippen molar-refractivity contribution in [1.29, 1.82) is 0 Å². The molecule has 1 heterocycles. The van der Waals surface area contributed by atoms with Crippen molar-refractivity contribution in [1.82, 2.24) is 15.1 Å². The van der Waals surface area contributed by atoms with Gasteiger partial charge in [0.2, 0.25) is 0 Å². The number of ether oxygens (including phenoxy) is 1. The Morgan fingerprint density at radius 3 is 2.67 bits per heavy atom. The molecule has 1 aliphatic rings. The molecule has 0 bridgehead atoms. The Morgan fingerprint density at radius 2 is 2.00 bits per heavy atom. The van der Waals surface area contributed by atoms with Gasteiger partial charge >= 0.3 is 0 Å². The van der Waals surface area contributed by atoms with Crippen molar-refractivity contribution in [3.63, 3.8) is 0 Å². The highest BCUT2D eigenvalue weighted by molar-refractivity contribution is 4.67. The molecule has 0 aromatic carbocycles. The summed E-state index contributed by atoms with van der Waals surface area (Å²) in [5.41, 5.74) is 0. The number of piperazine rings is 1. The molecular formula is C11H25N3O. The van der Waals surface area contributed by atoms with Crippen LogP contribution in [0.15, 0.2) is 0 Å². The fourth-order valence-corrected chi connectivity index (χ4v) is 1.86. The third-order valence-electron chi connectivity index (χ3n) is 2.90. The quantitative estimate of drug-likeness (QED) is 0.640. The molecule has 0 saturated carbocycles. The summed E-state index contributed by atoms with van der Waals surface area (Å²) in [6.45, 7) is 9.01. The lowest BCUT2D eigenvalue weighted by Crippen LogP contribution is -2.44. The van der Waals surface area contributed by atoms with Gasteiger partial charge in [0.1, 0.15) is 0 Å². The number of nitrogens with zero attached hydrogens (tertiary/aromatic N) is 2. The van der Waals surface area contributed by atoms with Crippen LogP contribution in [-0.2, 0) is 4.74 Å². The van der Waals surface area contributed by atoms with Gasteiger partial charge in [0.15, 0.2) is 0 Å². The first-order chi connectivity index (χ1) is 7.33. The summed E-state index contributed by atoms with van der Waals surface area (Å²) in [5, 5.41) is 3.37. The molecule has 0 unspecified atom stereocenters. The second-order valence-corrected chi connectivity index (χ2v) is 4.24. The summed E-state index contributed by atoms with van der Waals surface area (Å²) in [4.78, 5) is 4.88. The number of hydrogen-bond donors (Lipinski definition) is 1. The summed E-state index contributed by atoms with van der Waals surface area (Å²) >= 11 is 0. The van der Waals surface area contributed by atoms with Gasteiger partial charge < -0.3 is 19.9 Å². The van der Waals surface area contributed by atoms with Crippen molar-refractivity contribution in [3.05, 3.63) is 0 Å².